The van der Waals surface area contributed by atoms with E-state index in [1.54, 1.807) is 0 Å². The summed E-state index contributed by atoms with van der Waals surface area (Å²) in [5.74, 6) is 5.49. The van der Waals surface area contributed by atoms with E-state index in [0.717, 1.165) is 90.2 Å². The summed E-state index contributed by atoms with van der Waals surface area (Å²) in [5, 5.41) is 2.21. The summed E-state index contributed by atoms with van der Waals surface area (Å²) in [7, 11) is 0. The molecule has 2 heterocycles. The summed E-state index contributed by atoms with van der Waals surface area (Å²) in [6, 6.07) is 63.7. The molecule has 0 saturated heterocycles. The summed E-state index contributed by atoms with van der Waals surface area (Å²) < 4.78 is 0. The third-order valence-electron chi connectivity index (χ3n) is 13.4. The van der Waals surface area contributed by atoms with Crippen LogP contribution in [-0.4, -0.2) is 24.9 Å². The topological polar surface area (TPSA) is 64.5 Å². The normalized spacial score (nSPS) is 19.9. The van der Waals surface area contributed by atoms with Crippen LogP contribution in [0.5, 0.6) is 0 Å². The highest BCUT2D eigenvalue weighted by Gasteiger charge is 2.71. The SMILES string of the molecule is c1ccc(-c2cc(-c3cccc(C45CC6CC(C4)C65)c3)nc(-c3ccc(-c4ccc(-c5nc(-c6ccccc6)nc(-c6ccccc6)n5)c5ccccc45)cc3)n2)cc1. The molecule has 2 aromatic heterocycles. The molecule has 0 spiro atoms. The number of rotatable bonds is 8. The van der Waals surface area contributed by atoms with Gasteiger partial charge in [0, 0.05) is 33.4 Å². The molecule has 0 bridgehead atoms. The van der Waals surface area contributed by atoms with Crippen LogP contribution in [-0.2, 0) is 5.41 Å². The average molecular weight is 758 g/mol. The van der Waals surface area contributed by atoms with Gasteiger partial charge in [-0.25, -0.2) is 24.9 Å². The van der Waals surface area contributed by atoms with Gasteiger partial charge in [0.25, 0.3) is 0 Å². The lowest BCUT2D eigenvalue weighted by Gasteiger charge is -2.76. The number of nitrogens with zero attached hydrogens (tertiary/aromatic N) is 5. The third kappa shape index (κ3) is 5.64. The zero-order valence-electron chi connectivity index (χ0n) is 32.4. The first-order valence-corrected chi connectivity index (χ1v) is 20.7. The minimum atomic E-state index is 0.404. The Morgan fingerprint density at radius 3 is 1.44 bits per heavy atom. The van der Waals surface area contributed by atoms with E-state index in [0.29, 0.717) is 22.9 Å². The van der Waals surface area contributed by atoms with Gasteiger partial charge in [0.2, 0.25) is 0 Å². The van der Waals surface area contributed by atoms with Gasteiger partial charge in [-0.3, -0.25) is 0 Å². The molecule has 3 aliphatic carbocycles. The zero-order chi connectivity index (χ0) is 38.9. The van der Waals surface area contributed by atoms with Crippen LogP contribution in [0.15, 0.2) is 182 Å². The van der Waals surface area contributed by atoms with Crippen LogP contribution in [0.1, 0.15) is 24.8 Å². The maximum atomic E-state index is 5.25. The fraction of sp³-hybridized carbons (Fsp3) is 0.130. The van der Waals surface area contributed by atoms with Gasteiger partial charge in [0.05, 0.1) is 11.4 Å². The van der Waals surface area contributed by atoms with Crippen molar-refractivity contribution in [3.63, 3.8) is 0 Å². The molecule has 5 nitrogen and oxygen atoms in total. The molecule has 0 radical (unpaired) electrons. The number of aromatic nitrogens is 5. The second-order valence-corrected chi connectivity index (χ2v) is 16.6. The van der Waals surface area contributed by atoms with E-state index in [9.17, 15) is 0 Å². The highest BCUT2D eigenvalue weighted by Crippen LogP contribution is 2.77. The number of benzene rings is 7. The number of fused-ring (bicyclic) bond motifs is 1. The molecule has 2 atom stereocenters. The Hall–Kier alpha value is -7.11. The van der Waals surface area contributed by atoms with Gasteiger partial charge in [0.1, 0.15) is 0 Å². The van der Waals surface area contributed by atoms with E-state index in [1.165, 1.54) is 24.8 Å². The van der Waals surface area contributed by atoms with Crippen LogP contribution in [0.3, 0.4) is 0 Å². The molecule has 0 amide bonds. The van der Waals surface area contributed by atoms with Gasteiger partial charge in [0.15, 0.2) is 23.3 Å². The molecule has 280 valence electrons. The van der Waals surface area contributed by atoms with Crippen molar-refractivity contribution in [1.29, 1.82) is 0 Å². The van der Waals surface area contributed by atoms with E-state index < -0.39 is 0 Å². The van der Waals surface area contributed by atoms with Crippen LogP contribution < -0.4 is 0 Å². The van der Waals surface area contributed by atoms with Crippen molar-refractivity contribution >= 4 is 10.8 Å². The molecule has 7 aromatic carbocycles. The van der Waals surface area contributed by atoms with Crippen molar-refractivity contribution in [2.75, 3.05) is 0 Å². The lowest BCUT2D eigenvalue weighted by Crippen LogP contribution is -2.71. The first-order valence-electron chi connectivity index (χ1n) is 20.7. The molecular weight excluding hydrogens is 719 g/mol. The summed E-state index contributed by atoms with van der Waals surface area (Å²) in [6.07, 6.45) is 4.16. The monoisotopic (exact) mass is 757 g/mol. The van der Waals surface area contributed by atoms with Gasteiger partial charge < -0.3 is 0 Å². The molecule has 3 saturated carbocycles. The predicted molar refractivity (Wildman–Crippen MR) is 237 cm³/mol. The molecule has 3 aliphatic rings. The van der Waals surface area contributed by atoms with E-state index >= 15 is 0 Å². The van der Waals surface area contributed by atoms with Crippen LogP contribution in [0.25, 0.3) is 90.0 Å². The van der Waals surface area contributed by atoms with Gasteiger partial charge in [-0.1, -0.05) is 164 Å². The van der Waals surface area contributed by atoms with E-state index in [1.807, 2.05) is 60.7 Å². The second kappa shape index (κ2) is 13.5. The Kier molecular flexibility index (Phi) is 7.77. The molecule has 5 heteroatoms. The second-order valence-electron chi connectivity index (χ2n) is 16.6. The van der Waals surface area contributed by atoms with Crippen molar-refractivity contribution in [2.45, 2.75) is 24.7 Å². The minimum absolute atomic E-state index is 0.404. The van der Waals surface area contributed by atoms with Gasteiger partial charge >= 0.3 is 0 Å². The minimum Gasteiger partial charge on any atom is -0.228 e. The van der Waals surface area contributed by atoms with Crippen molar-refractivity contribution in [3.8, 4) is 79.2 Å². The largest absolute Gasteiger partial charge is 0.228 e. The van der Waals surface area contributed by atoms with E-state index in [2.05, 4.69) is 121 Å². The Morgan fingerprint density at radius 2 is 0.831 bits per heavy atom. The maximum Gasteiger partial charge on any atom is 0.164 e. The van der Waals surface area contributed by atoms with Crippen molar-refractivity contribution < 1.29 is 0 Å². The van der Waals surface area contributed by atoms with Gasteiger partial charge in [-0.2, -0.15) is 0 Å². The Bertz CT molecular complexity index is 2970. The molecule has 2 unspecified atom stereocenters. The maximum absolute atomic E-state index is 5.25. The summed E-state index contributed by atoms with van der Waals surface area (Å²) in [6.45, 7) is 0. The van der Waals surface area contributed by atoms with Crippen LogP contribution in [0.4, 0.5) is 0 Å². The van der Waals surface area contributed by atoms with Gasteiger partial charge in [-0.05, 0) is 88.1 Å². The first kappa shape index (κ1) is 34.0. The van der Waals surface area contributed by atoms with E-state index in [4.69, 9.17) is 24.9 Å². The third-order valence-corrected chi connectivity index (χ3v) is 13.4. The standard InChI is InChI=1S/C54H39N5/c1-4-13-35(14-5-1)47-31-48(39-19-12-20-42(30-39)54-32-40-29-41(33-54)49(40)54)56-50(55-47)38-25-23-34(24-26-38)43-27-28-46(45-22-11-10-21-44(43)45)53-58-51(36-15-6-2-7-16-36)57-52(59-53)37-17-8-3-9-18-37/h1-28,30-31,40-41,49H,29,32-33H2. The van der Waals surface area contributed by atoms with E-state index in [-0.39, 0.29) is 0 Å². The summed E-state index contributed by atoms with van der Waals surface area (Å²) >= 11 is 0. The highest BCUT2D eigenvalue weighted by atomic mass is 15.0. The molecule has 0 aliphatic heterocycles. The molecule has 0 N–H and O–H groups in total. The van der Waals surface area contributed by atoms with Crippen molar-refractivity contribution in [1.82, 2.24) is 24.9 Å². The predicted octanol–water partition coefficient (Wildman–Crippen LogP) is 12.8. The smallest absolute Gasteiger partial charge is 0.164 e. The fourth-order valence-corrected chi connectivity index (χ4v) is 10.5. The Morgan fingerprint density at radius 1 is 0.356 bits per heavy atom. The lowest BCUT2D eigenvalue weighted by atomic mass is 9.28. The Balaban J connectivity index is 0.921. The van der Waals surface area contributed by atoms with Gasteiger partial charge in [-0.15, -0.1) is 0 Å². The van der Waals surface area contributed by atoms with Crippen molar-refractivity contribution in [2.24, 2.45) is 17.8 Å². The van der Waals surface area contributed by atoms with Crippen LogP contribution in [0.2, 0.25) is 0 Å². The molecule has 9 aromatic rings. The summed E-state index contributed by atoms with van der Waals surface area (Å²) in [4.78, 5) is 25.4. The highest BCUT2D eigenvalue weighted by molar-refractivity contribution is 6.04. The average Bonchev–Trinajstić information content (AvgIpc) is 3.31. The number of hydrogen-bond donors (Lipinski definition) is 0. The molecule has 12 rings (SSSR count). The number of hydrogen-bond acceptors (Lipinski definition) is 5. The Labute approximate surface area is 343 Å². The molecular formula is C54H39N5. The summed E-state index contributed by atoms with van der Waals surface area (Å²) in [5.41, 5.74) is 12.1. The zero-order valence-corrected chi connectivity index (χ0v) is 32.4. The lowest BCUT2D eigenvalue weighted by molar-refractivity contribution is -0.219. The van der Waals surface area contributed by atoms with Crippen LogP contribution >= 0.6 is 0 Å². The fourth-order valence-electron chi connectivity index (χ4n) is 10.5. The first-order chi connectivity index (χ1) is 29.2. The molecule has 3 fully saturated rings. The quantitative estimate of drug-likeness (QED) is 0.154. The molecule has 59 heavy (non-hydrogen) atoms. The van der Waals surface area contributed by atoms with Crippen LogP contribution in [0, 0.1) is 17.8 Å². The van der Waals surface area contributed by atoms with Crippen molar-refractivity contribution in [3.05, 3.63) is 188 Å².